The van der Waals surface area contributed by atoms with Gasteiger partial charge >= 0.3 is 0 Å². The van der Waals surface area contributed by atoms with E-state index >= 15 is 0 Å². The number of hydrogen-bond acceptors (Lipinski definition) is 2. The molecule has 0 saturated heterocycles. The monoisotopic (exact) mass is 755 g/mol. The summed E-state index contributed by atoms with van der Waals surface area (Å²) in [5, 5.41) is 7.63. The molecule has 0 spiro atoms. The van der Waals surface area contributed by atoms with Crippen LogP contribution in [0.3, 0.4) is 0 Å². The summed E-state index contributed by atoms with van der Waals surface area (Å²) in [6, 6.07) is 81.9. The molecule has 1 aromatic heterocycles. The van der Waals surface area contributed by atoms with E-state index in [4.69, 9.17) is 0 Å². The Morgan fingerprint density at radius 2 is 0.672 bits per heavy atom. The van der Waals surface area contributed by atoms with E-state index in [1.54, 1.807) is 0 Å². The lowest BCUT2D eigenvalue weighted by Crippen LogP contribution is -2.09. The molecule has 58 heavy (non-hydrogen) atoms. The second-order valence-corrected chi connectivity index (χ2v) is 15.9. The highest BCUT2D eigenvalue weighted by Crippen LogP contribution is 2.46. The van der Waals surface area contributed by atoms with Crippen molar-refractivity contribution in [3.8, 4) is 44.5 Å². The number of benzene rings is 10. The number of rotatable bonds is 7. The molecule has 10 aromatic carbocycles. The topological polar surface area (TPSA) is 3.24 Å². The van der Waals surface area contributed by atoms with Gasteiger partial charge in [-0.2, -0.15) is 0 Å². The van der Waals surface area contributed by atoms with Crippen molar-refractivity contribution in [2.75, 3.05) is 4.90 Å². The summed E-state index contributed by atoms with van der Waals surface area (Å²) in [6.07, 6.45) is 0. The van der Waals surface area contributed by atoms with Crippen molar-refractivity contribution < 1.29 is 0 Å². The van der Waals surface area contributed by atoms with E-state index < -0.39 is 0 Å². The summed E-state index contributed by atoms with van der Waals surface area (Å²) in [4.78, 5) is 2.39. The zero-order valence-electron chi connectivity index (χ0n) is 31.7. The van der Waals surface area contributed by atoms with E-state index in [0.29, 0.717) is 0 Å². The largest absolute Gasteiger partial charge is 0.310 e. The van der Waals surface area contributed by atoms with Gasteiger partial charge in [-0.15, -0.1) is 11.3 Å². The maximum absolute atomic E-state index is 2.40. The van der Waals surface area contributed by atoms with Crippen molar-refractivity contribution >= 4 is 70.1 Å². The molecule has 0 bridgehead atoms. The van der Waals surface area contributed by atoms with Crippen LogP contribution in [-0.2, 0) is 0 Å². The normalized spacial score (nSPS) is 11.4. The van der Waals surface area contributed by atoms with E-state index in [0.717, 1.165) is 17.1 Å². The summed E-state index contributed by atoms with van der Waals surface area (Å²) in [5.74, 6) is 0. The molecule has 0 amide bonds. The molecule has 0 saturated carbocycles. The lowest BCUT2D eigenvalue weighted by Gasteiger charge is -2.26. The molecule has 2 heteroatoms. The number of thiophene rings is 1. The quantitative estimate of drug-likeness (QED) is 0.146. The van der Waals surface area contributed by atoms with Gasteiger partial charge in [-0.3, -0.25) is 0 Å². The smallest absolute Gasteiger partial charge is 0.0468 e. The fraction of sp³-hybridized carbons (Fsp3) is 0. The van der Waals surface area contributed by atoms with Gasteiger partial charge in [0.25, 0.3) is 0 Å². The van der Waals surface area contributed by atoms with Gasteiger partial charge in [-0.25, -0.2) is 0 Å². The summed E-state index contributed by atoms with van der Waals surface area (Å²) in [7, 11) is 0. The predicted octanol–water partition coefficient (Wildman–Crippen LogP) is 16.5. The van der Waals surface area contributed by atoms with Crippen molar-refractivity contribution in [2.24, 2.45) is 0 Å². The molecule has 0 atom stereocenters. The molecule has 0 radical (unpaired) electrons. The Labute approximate surface area is 342 Å². The minimum Gasteiger partial charge on any atom is -0.310 e. The molecule has 0 fully saturated rings. The van der Waals surface area contributed by atoms with Gasteiger partial charge in [0.15, 0.2) is 0 Å². The third kappa shape index (κ3) is 5.94. The molecule has 1 nitrogen and oxygen atoms in total. The van der Waals surface area contributed by atoms with Gasteiger partial charge in [-0.05, 0) is 121 Å². The van der Waals surface area contributed by atoms with Gasteiger partial charge in [-0.1, -0.05) is 170 Å². The molecule has 0 aliphatic carbocycles. The van der Waals surface area contributed by atoms with Crippen molar-refractivity contribution in [1.82, 2.24) is 0 Å². The second kappa shape index (κ2) is 14.4. The maximum Gasteiger partial charge on any atom is 0.0468 e. The molecule has 1 heterocycles. The molecule has 272 valence electrons. The van der Waals surface area contributed by atoms with Crippen molar-refractivity contribution in [3.63, 3.8) is 0 Å². The Hall–Kier alpha value is -7.26. The van der Waals surface area contributed by atoms with Crippen LogP contribution in [-0.4, -0.2) is 0 Å². The lowest BCUT2D eigenvalue weighted by atomic mass is 9.84. The van der Waals surface area contributed by atoms with Gasteiger partial charge in [0.1, 0.15) is 0 Å². The first-order valence-electron chi connectivity index (χ1n) is 19.8. The fourth-order valence-electron chi connectivity index (χ4n) is 8.72. The minimum absolute atomic E-state index is 1.11. The summed E-state index contributed by atoms with van der Waals surface area (Å²) < 4.78 is 2.61. The molecule has 0 N–H and O–H groups in total. The average Bonchev–Trinajstić information content (AvgIpc) is 3.68. The first kappa shape index (κ1) is 34.0. The van der Waals surface area contributed by atoms with E-state index in [9.17, 15) is 0 Å². The molecule has 11 rings (SSSR count). The van der Waals surface area contributed by atoms with Gasteiger partial charge < -0.3 is 4.90 Å². The molecule has 0 unspecified atom stereocenters. The maximum atomic E-state index is 2.40. The SMILES string of the molecule is c1ccc(-c2ccc(N(c3ccc(-c4ccc5c(c4)c(-c4ccccc4)c(-c4ccccc4)c4ccccc45)cc3)c3ccc4sc5ccccc5c4c3)cc2)cc1. The molecular formula is C56H37NS. The van der Waals surface area contributed by atoms with E-state index in [1.165, 1.54) is 86.2 Å². The van der Waals surface area contributed by atoms with Gasteiger partial charge in [0.05, 0.1) is 0 Å². The summed E-state index contributed by atoms with van der Waals surface area (Å²) in [6.45, 7) is 0. The van der Waals surface area contributed by atoms with Crippen molar-refractivity contribution in [3.05, 3.63) is 224 Å². The van der Waals surface area contributed by atoms with Crippen LogP contribution in [0.1, 0.15) is 0 Å². The Morgan fingerprint density at radius 3 is 1.31 bits per heavy atom. The standard InChI is InChI=1S/C56H37NS/c1-4-14-38(15-5-1)39-24-29-44(30-25-39)57(46-33-35-54-51(37-46)49-21-12-13-23-53(49)58-54)45-31-26-40(27-32-45)43-28-34-48-47-20-10-11-22-50(47)55(41-16-6-2-7-17-41)56(52(48)36-43)42-18-8-3-9-19-42/h1-37H. The third-order valence-corrected chi connectivity index (χ3v) is 12.6. The van der Waals surface area contributed by atoms with Crippen LogP contribution in [0.4, 0.5) is 17.1 Å². The zero-order valence-corrected chi connectivity index (χ0v) is 32.5. The fourth-order valence-corrected chi connectivity index (χ4v) is 9.80. The first-order valence-corrected chi connectivity index (χ1v) is 20.7. The van der Waals surface area contributed by atoms with Crippen molar-refractivity contribution in [2.45, 2.75) is 0 Å². The second-order valence-electron chi connectivity index (χ2n) is 14.9. The highest BCUT2D eigenvalue weighted by molar-refractivity contribution is 7.25. The van der Waals surface area contributed by atoms with Crippen LogP contribution >= 0.6 is 11.3 Å². The Kier molecular flexibility index (Phi) is 8.42. The first-order chi connectivity index (χ1) is 28.8. The van der Waals surface area contributed by atoms with Crippen LogP contribution in [0.25, 0.3) is 86.2 Å². The highest BCUT2D eigenvalue weighted by atomic mass is 32.1. The lowest BCUT2D eigenvalue weighted by molar-refractivity contribution is 1.29. The minimum atomic E-state index is 1.11. The Balaban J connectivity index is 1.06. The van der Waals surface area contributed by atoms with E-state index in [1.807, 2.05) is 11.3 Å². The molecule has 0 aliphatic heterocycles. The number of hydrogen-bond donors (Lipinski definition) is 0. The van der Waals surface area contributed by atoms with Gasteiger partial charge in [0, 0.05) is 37.2 Å². The third-order valence-electron chi connectivity index (χ3n) is 11.5. The van der Waals surface area contributed by atoms with E-state index in [-0.39, 0.29) is 0 Å². The molecular weight excluding hydrogens is 719 g/mol. The number of nitrogens with zero attached hydrogens (tertiary/aromatic N) is 1. The summed E-state index contributed by atoms with van der Waals surface area (Å²) in [5.41, 5.74) is 13.1. The highest BCUT2D eigenvalue weighted by Gasteiger charge is 2.19. The number of fused-ring (bicyclic) bond motifs is 6. The predicted molar refractivity (Wildman–Crippen MR) is 251 cm³/mol. The van der Waals surface area contributed by atoms with Crippen LogP contribution in [0.5, 0.6) is 0 Å². The Morgan fingerprint density at radius 1 is 0.241 bits per heavy atom. The van der Waals surface area contributed by atoms with Gasteiger partial charge in [0.2, 0.25) is 0 Å². The van der Waals surface area contributed by atoms with Crippen LogP contribution in [0.15, 0.2) is 224 Å². The van der Waals surface area contributed by atoms with Crippen LogP contribution in [0.2, 0.25) is 0 Å². The average molecular weight is 756 g/mol. The molecule has 11 aromatic rings. The Bertz CT molecular complexity index is 3240. The summed E-state index contributed by atoms with van der Waals surface area (Å²) >= 11 is 1.85. The molecule has 0 aliphatic rings. The van der Waals surface area contributed by atoms with Crippen molar-refractivity contribution in [1.29, 1.82) is 0 Å². The van der Waals surface area contributed by atoms with E-state index in [2.05, 4.69) is 229 Å². The zero-order chi connectivity index (χ0) is 38.4. The van der Waals surface area contributed by atoms with Crippen LogP contribution < -0.4 is 4.90 Å². The van der Waals surface area contributed by atoms with Crippen LogP contribution in [0, 0.1) is 0 Å². The number of anilines is 3.